The minimum Gasteiger partial charge on any atom is -0.355 e. The molecule has 5 heteroatoms. The van der Waals surface area contributed by atoms with Gasteiger partial charge in [0.05, 0.1) is 5.02 Å². The van der Waals surface area contributed by atoms with Gasteiger partial charge in [-0.2, -0.15) is 4.39 Å². The Kier molecular flexibility index (Phi) is 3.77. The monoisotopic (exact) mass is 268 g/mol. The van der Waals surface area contributed by atoms with Crippen LogP contribution in [0, 0.1) is 11.8 Å². The molecule has 0 N–H and O–H groups in total. The van der Waals surface area contributed by atoms with Crippen molar-refractivity contribution in [2.75, 3.05) is 11.9 Å². The molecule has 0 saturated heterocycles. The predicted octanol–water partition coefficient (Wildman–Crippen LogP) is 3.65. The molecule has 0 aliphatic carbocycles. The lowest BCUT2D eigenvalue weighted by Gasteiger charge is -2.18. The summed E-state index contributed by atoms with van der Waals surface area (Å²) in [4.78, 5) is 5.48. The zero-order valence-electron chi connectivity index (χ0n) is 9.70. The van der Waals surface area contributed by atoms with Crippen LogP contribution >= 0.6 is 11.6 Å². The van der Waals surface area contributed by atoms with Crippen LogP contribution < -0.4 is 4.90 Å². The fraction of sp³-hybridized carbons (Fsp3) is 0.154. The molecule has 2 rings (SSSR count). The van der Waals surface area contributed by atoms with Crippen LogP contribution in [0.1, 0.15) is 5.56 Å². The number of anilines is 1. The van der Waals surface area contributed by atoms with Crippen LogP contribution in [0.3, 0.4) is 0 Å². The summed E-state index contributed by atoms with van der Waals surface area (Å²) in [5.74, 6) is -0.512. The lowest BCUT2D eigenvalue weighted by molar-refractivity contribution is 0.582. The average Bonchev–Trinajstić information content (AvgIpc) is 2.34. The summed E-state index contributed by atoms with van der Waals surface area (Å²) in [5, 5.41) is 0.0882. The van der Waals surface area contributed by atoms with Crippen LogP contribution in [-0.2, 0) is 6.54 Å². The van der Waals surface area contributed by atoms with Crippen LogP contribution in [0.15, 0.2) is 36.4 Å². The summed E-state index contributed by atoms with van der Waals surface area (Å²) < 4.78 is 26.2. The maximum Gasteiger partial charge on any atom is 0.214 e. The van der Waals surface area contributed by atoms with Crippen molar-refractivity contribution in [2.24, 2.45) is 0 Å². The molecule has 0 unspecified atom stereocenters. The molecule has 94 valence electrons. The van der Waals surface area contributed by atoms with E-state index in [1.807, 2.05) is 0 Å². The minimum atomic E-state index is -0.540. The van der Waals surface area contributed by atoms with Gasteiger partial charge >= 0.3 is 0 Å². The molecule has 0 amide bonds. The van der Waals surface area contributed by atoms with Gasteiger partial charge in [0.1, 0.15) is 11.6 Å². The first-order valence-electron chi connectivity index (χ1n) is 5.34. The third-order valence-electron chi connectivity index (χ3n) is 2.50. The molecule has 1 aromatic heterocycles. The van der Waals surface area contributed by atoms with E-state index in [1.165, 1.54) is 18.2 Å². The minimum absolute atomic E-state index is 0.0882. The molecule has 1 aromatic carbocycles. The smallest absolute Gasteiger partial charge is 0.214 e. The number of aromatic nitrogens is 1. The Morgan fingerprint density at radius 3 is 2.67 bits per heavy atom. The van der Waals surface area contributed by atoms with Gasteiger partial charge in [-0.15, -0.1) is 0 Å². The van der Waals surface area contributed by atoms with Crippen LogP contribution in [0.25, 0.3) is 0 Å². The fourth-order valence-electron chi connectivity index (χ4n) is 1.60. The van der Waals surface area contributed by atoms with Crippen molar-refractivity contribution in [1.82, 2.24) is 4.98 Å². The second-order valence-corrected chi connectivity index (χ2v) is 4.33. The summed E-state index contributed by atoms with van der Waals surface area (Å²) in [5.41, 5.74) is 0.741. The Balaban J connectivity index is 2.16. The van der Waals surface area contributed by atoms with E-state index in [2.05, 4.69) is 4.98 Å². The molecule has 0 aliphatic rings. The van der Waals surface area contributed by atoms with Gasteiger partial charge < -0.3 is 4.90 Å². The van der Waals surface area contributed by atoms with E-state index < -0.39 is 11.8 Å². The molecule has 2 aromatic rings. The SMILES string of the molecule is CN(Cc1ccc(Cl)c(F)c1)c1cccc(F)n1. The molecule has 0 aliphatic heterocycles. The molecule has 0 bridgehead atoms. The number of nitrogens with zero attached hydrogens (tertiary/aromatic N) is 2. The first-order chi connectivity index (χ1) is 8.56. The molecule has 18 heavy (non-hydrogen) atoms. The molecular formula is C13H11ClF2N2. The van der Waals surface area contributed by atoms with E-state index in [4.69, 9.17) is 11.6 Å². The number of hydrogen-bond donors (Lipinski definition) is 0. The molecular weight excluding hydrogens is 258 g/mol. The maximum atomic E-state index is 13.3. The predicted molar refractivity (Wildman–Crippen MR) is 67.7 cm³/mol. The summed E-state index contributed by atoms with van der Waals surface area (Å²) in [6.07, 6.45) is 0. The van der Waals surface area contributed by atoms with Crippen molar-refractivity contribution < 1.29 is 8.78 Å². The van der Waals surface area contributed by atoms with Crippen molar-refractivity contribution in [3.63, 3.8) is 0 Å². The van der Waals surface area contributed by atoms with E-state index in [1.54, 1.807) is 30.1 Å². The molecule has 0 fully saturated rings. The van der Waals surface area contributed by atoms with Crippen LogP contribution in [0.5, 0.6) is 0 Å². The Morgan fingerprint density at radius 1 is 1.22 bits per heavy atom. The van der Waals surface area contributed by atoms with E-state index in [-0.39, 0.29) is 5.02 Å². The highest BCUT2D eigenvalue weighted by molar-refractivity contribution is 6.30. The van der Waals surface area contributed by atoms with Gasteiger partial charge in [-0.1, -0.05) is 23.7 Å². The van der Waals surface area contributed by atoms with Crippen molar-refractivity contribution in [2.45, 2.75) is 6.54 Å². The lowest BCUT2D eigenvalue weighted by Crippen LogP contribution is -2.18. The van der Waals surface area contributed by atoms with Gasteiger partial charge in [0.15, 0.2) is 0 Å². The molecule has 0 saturated carbocycles. The number of benzene rings is 1. The van der Waals surface area contributed by atoms with Gasteiger partial charge in [-0.05, 0) is 29.8 Å². The number of pyridine rings is 1. The normalized spacial score (nSPS) is 10.4. The van der Waals surface area contributed by atoms with Crippen LogP contribution in [0.4, 0.5) is 14.6 Å². The fourth-order valence-corrected chi connectivity index (χ4v) is 1.72. The van der Waals surface area contributed by atoms with Gasteiger partial charge in [0.2, 0.25) is 5.95 Å². The quantitative estimate of drug-likeness (QED) is 0.790. The highest BCUT2D eigenvalue weighted by Crippen LogP contribution is 2.18. The third kappa shape index (κ3) is 2.96. The average molecular weight is 269 g/mol. The zero-order valence-corrected chi connectivity index (χ0v) is 10.5. The molecule has 0 atom stereocenters. The second kappa shape index (κ2) is 5.31. The van der Waals surface area contributed by atoms with Gasteiger partial charge in [0, 0.05) is 13.6 Å². The van der Waals surface area contributed by atoms with Gasteiger partial charge in [-0.3, -0.25) is 0 Å². The third-order valence-corrected chi connectivity index (χ3v) is 2.80. The van der Waals surface area contributed by atoms with Crippen molar-refractivity contribution in [3.05, 3.63) is 58.7 Å². The lowest BCUT2D eigenvalue weighted by atomic mass is 10.2. The van der Waals surface area contributed by atoms with E-state index >= 15 is 0 Å². The number of halogens is 3. The Hall–Kier alpha value is -1.68. The Labute approximate surface area is 109 Å². The summed E-state index contributed by atoms with van der Waals surface area (Å²) in [7, 11) is 1.76. The first kappa shape index (κ1) is 12.8. The van der Waals surface area contributed by atoms with Crippen molar-refractivity contribution in [3.8, 4) is 0 Å². The number of hydrogen-bond acceptors (Lipinski definition) is 2. The topological polar surface area (TPSA) is 16.1 Å². The zero-order chi connectivity index (χ0) is 13.1. The Bertz CT molecular complexity index is 560. The van der Waals surface area contributed by atoms with Gasteiger partial charge in [-0.25, -0.2) is 9.37 Å². The van der Waals surface area contributed by atoms with Crippen LogP contribution in [0.2, 0.25) is 5.02 Å². The maximum absolute atomic E-state index is 13.3. The van der Waals surface area contributed by atoms with Crippen molar-refractivity contribution in [1.29, 1.82) is 0 Å². The standard InChI is InChI=1S/C13H11ClF2N2/c1-18(13-4-2-3-12(16)17-13)8-9-5-6-10(14)11(15)7-9/h2-7H,8H2,1H3. The first-order valence-corrected chi connectivity index (χ1v) is 5.71. The summed E-state index contributed by atoms with van der Waals surface area (Å²) in [6, 6.07) is 9.13. The van der Waals surface area contributed by atoms with Crippen LogP contribution in [-0.4, -0.2) is 12.0 Å². The summed E-state index contributed by atoms with van der Waals surface area (Å²) >= 11 is 5.60. The van der Waals surface area contributed by atoms with Crippen molar-refractivity contribution >= 4 is 17.4 Å². The molecule has 1 heterocycles. The van der Waals surface area contributed by atoms with E-state index in [0.717, 1.165) is 5.56 Å². The second-order valence-electron chi connectivity index (χ2n) is 3.92. The highest BCUT2D eigenvalue weighted by Gasteiger charge is 2.06. The van der Waals surface area contributed by atoms with E-state index in [0.29, 0.717) is 12.4 Å². The molecule has 2 nitrogen and oxygen atoms in total. The summed E-state index contributed by atoms with van der Waals surface area (Å²) in [6.45, 7) is 0.421. The largest absolute Gasteiger partial charge is 0.355 e. The molecule has 0 radical (unpaired) electrons. The Morgan fingerprint density at radius 2 is 2.00 bits per heavy atom. The van der Waals surface area contributed by atoms with Gasteiger partial charge in [0.25, 0.3) is 0 Å². The number of rotatable bonds is 3. The van der Waals surface area contributed by atoms with E-state index in [9.17, 15) is 8.78 Å². The molecule has 0 spiro atoms. The highest BCUT2D eigenvalue weighted by atomic mass is 35.5.